The Balaban J connectivity index is 2.06. The van der Waals surface area contributed by atoms with Crippen LogP contribution in [0.1, 0.15) is 5.56 Å². The number of carbonyl (C=O) groups excluding carboxylic acids is 1. The van der Waals surface area contributed by atoms with Crippen molar-refractivity contribution in [1.29, 1.82) is 0 Å². The lowest BCUT2D eigenvalue weighted by Gasteiger charge is -2.07. The van der Waals surface area contributed by atoms with Crippen LogP contribution in [0.3, 0.4) is 0 Å². The van der Waals surface area contributed by atoms with Gasteiger partial charge in [-0.15, -0.1) is 0 Å². The summed E-state index contributed by atoms with van der Waals surface area (Å²) >= 11 is 0. The van der Waals surface area contributed by atoms with Gasteiger partial charge >= 0.3 is 0 Å². The smallest absolute Gasteiger partial charge is 0.269 e. The first kappa shape index (κ1) is 15.2. The summed E-state index contributed by atoms with van der Waals surface area (Å²) < 4.78 is 26.5. The second kappa shape index (κ2) is 5.81. The fourth-order valence-corrected chi connectivity index (χ4v) is 3.43. The zero-order valence-electron chi connectivity index (χ0n) is 12.3. The second-order valence-corrected chi connectivity index (χ2v) is 6.76. The third kappa shape index (κ3) is 2.80. The van der Waals surface area contributed by atoms with Gasteiger partial charge in [0.25, 0.3) is 10.0 Å². The summed E-state index contributed by atoms with van der Waals surface area (Å²) in [4.78, 5) is 18.9. The predicted molar refractivity (Wildman–Crippen MR) is 85.8 cm³/mol. The molecule has 1 N–H and O–H groups in total. The molecule has 3 aromatic rings. The Morgan fingerprint density at radius 1 is 1.22 bits per heavy atom. The van der Waals surface area contributed by atoms with Gasteiger partial charge in [0.15, 0.2) is 5.65 Å². The summed E-state index contributed by atoms with van der Waals surface area (Å²) in [6, 6.07) is 8.17. The van der Waals surface area contributed by atoms with Gasteiger partial charge in [-0.05, 0) is 25.1 Å². The second-order valence-electron chi connectivity index (χ2n) is 4.94. The van der Waals surface area contributed by atoms with Gasteiger partial charge in [0.05, 0.1) is 17.6 Å². The molecule has 0 bridgehead atoms. The molecule has 2 aromatic heterocycles. The van der Waals surface area contributed by atoms with E-state index in [0.717, 1.165) is 9.54 Å². The zero-order chi connectivity index (χ0) is 16.4. The molecule has 0 fully saturated rings. The Morgan fingerprint density at radius 2 is 1.96 bits per heavy atom. The molecule has 0 saturated carbocycles. The number of aldehydes is 1. The minimum Gasteiger partial charge on any atom is -0.362 e. The number of nitrogens with zero attached hydrogens (tertiary/aromatic N) is 3. The number of aromatic nitrogens is 3. The molecule has 1 aromatic carbocycles. The van der Waals surface area contributed by atoms with E-state index in [9.17, 15) is 13.2 Å². The van der Waals surface area contributed by atoms with Crippen molar-refractivity contribution in [1.82, 2.24) is 13.9 Å². The highest BCUT2D eigenvalue weighted by Crippen LogP contribution is 2.21. The normalized spacial score (nSPS) is 11.5. The van der Waals surface area contributed by atoms with E-state index < -0.39 is 10.0 Å². The van der Waals surface area contributed by atoms with Crippen molar-refractivity contribution in [2.75, 3.05) is 11.9 Å². The average molecular weight is 330 g/mol. The van der Waals surface area contributed by atoms with Crippen LogP contribution in [-0.2, 0) is 14.8 Å². The molecule has 0 amide bonds. The molecule has 7 nitrogen and oxygen atoms in total. The van der Waals surface area contributed by atoms with Crippen LogP contribution < -0.4 is 5.32 Å². The molecule has 0 saturated heterocycles. The van der Waals surface area contributed by atoms with Crippen LogP contribution in [0.5, 0.6) is 0 Å². The van der Waals surface area contributed by atoms with Crippen molar-refractivity contribution >= 4 is 33.3 Å². The maximum absolute atomic E-state index is 12.7. The fourth-order valence-electron chi connectivity index (χ4n) is 2.14. The monoisotopic (exact) mass is 330 g/mol. The van der Waals surface area contributed by atoms with E-state index in [-0.39, 0.29) is 17.1 Å². The van der Waals surface area contributed by atoms with Gasteiger partial charge in [-0.3, -0.25) is 0 Å². The van der Waals surface area contributed by atoms with Crippen LogP contribution in [0.25, 0.3) is 11.2 Å². The first-order valence-electron chi connectivity index (χ1n) is 6.86. The number of rotatable bonds is 5. The number of aryl methyl sites for hydroxylation is 1. The van der Waals surface area contributed by atoms with Crippen molar-refractivity contribution in [3.05, 3.63) is 48.3 Å². The number of anilines is 1. The Labute approximate surface area is 133 Å². The number of carbonyl (C=O) groups is 1. The van der Waals surface area contributed by atoms with Gasteiger partial charge in [-0.1, -0.05) is 17.7 Å². The maximum Gasteiger partial charge on any atom is 0.269 e. The largest absolute Gasteiger partial charge is 0.362 e. The van der Waals surface area contributed by atoms with E-state index in [1.807, 2.05) is 6.92 Å². The highest BCUT2D eigenvalue weighted by Gasteiger charge is 2.20. The highest BCUT2D eigenvalue weighted by molar-refractivity contribution is 7.90. The van der Waals surface area contributed by atoms with Gasteiger partial charge in [-0.2, -0.15) is 0 Å². The summed E-state index contributed by atoms with van der Waals surface area (Å²) in [5.74, 6) is 0.412. The van der Waals surface area contributed by atoms with Gasteiger partial charge in [0.2, 0.25) is 0 Å². The number of hydrogen-bond acceptors (Lipinski definition) is 6. The molecule has 3 rings (SSSR count). The SMILES string of the molecule is Cc1ccc(S(=O)(=O)n2ccc3nc(NCC=O)cnc32)cc1. The first-order chi connectivity index (χ1) is 11.0. The van der Waals surface area contributed by atoms with Crippen molar-refractivity contribution in [3.63, 3.8) is 0 Å². The van der Waals surface area contributed by atoms with E-state index in [1.54, 1.807) is 30.3 Å². The van der Waals surface area contributed by atoms with Crippen molar-refractivity contribution in [3.8, 4) is 0 Å². The van der Waals surface area contributed by atoms with Crippen LogP contribution in [0.15, 0.2) is 47.6 Å². The van der Waals surface area contributed by atoms with Crippen molar-refractivity contribution < 1.29 is 13.2 Å². The van der Waals surface area contributed by atoms with Gasteiger partial charge < -0.3 is 10.1 Å². The summed E-state index contributed by atoms with van der Waals surface area (Å²) in [7, 11) is -3.73. The third-order valence-electron chi connectivity index (χ3n) is 3.30. The van der Waals surface area contributed by atoms with Gasteiger partial charge in [0.1, 0.15) is 17.6 Å². The minimum atomic E-state index is -3.73. The van der Waals surface area contributed by atoms with Crippen molar-refractivity contribution in [2.45, 2.75) is 11.8 Å². The number of nitrogens with one attached hydrogen (secondary N) is 1. The molecule has 0 radical (unpaired) electrons. The predicted octanol–water partition coefficient (Wildman–Crippen LogP) is 1.59. The Hall–Kier alpha value is -2.74. The first-order valence-corrected chi connectivity index (χ1v) is 8.30. The van der Waals surface area contributed by atoms with E-state index in [4.69, 9.17) is 0 Å². The van der Waals surface area contributed by atoms with E-state index in [1.165, 1.54) is 12.4 Å². The summed E-state index contributed by atoms with van der Waals surface area (Å²) in [5, 5.41) is 2.77. The molecule has 0 atom stereocenters. The van der Waals surface area contributed by atoms with Crippen LogP contribution >= 0.6 is 0 Å². The summed E-state index contributed by atoms with van der Waals surface area (Å²) in [6.45, 7) is 2.00. The number of hydrogen-bond donors (Lipinski definition) is 1. The summed E-state index contributed by atoms with van der Waals surface area (Å²) in [5.41, 5.74) is 1.64. The molecule has 2 heterocycles. The van der Waals surface area contributed by atoms with Crippen LogP contribution in [0, 0.1) is 6.92 Å². The van der Waals surface area contributed by atoms with E-state index in [2.05, 4.69) is 15.3 Å². The van der Waals surface area contributed by atoms with Crippen LogP contribution in [0.4, 0.5) is 5.82 Å². The lowest BCUT2D eigenvalue weighted by Crippen LogP contribution is -2.13. The molecule has 118 valence electrons. The van der Waals surface area contributed by atoms with Gasteiger partial charge in [0, 0.05) is 6.20 Å². The average Bonchev–Trinajstić information content (AvgIpc) is 2.97. The maximum atomic E-state index is 12.7. The molecule has 0 aliphatic heterocycles. The molecule has 8 heteroatoms. The quantitative estimate of drug-likeness (QED) is 0.714. The molecular formula is C15H14N4O3S. The minimum absolute atomic E-state index is 0.114. The Morgan fingerprint density at radius 3 is 2.65 bits per heavy atom. The van der Waals surface area contributed by atoms with E-state index in [0.29, 0.717) is 17.6 Å². The summed E-state index contributed by atoms with van der Waals surface area (Å²) in [6.07, 6.45) is 3.52. The molecule has 23 heavy (non-hydrogen) atoms. The Bertz CT molecular complexity index is 962. The lowest BCUT2D eigenvalue weighted by atomic mass is 10.2. The number of benzene rings is 1. The molecule has 0 aliphatic carbocycles. The molecule has 0 unspecified atom stereocenters. The van der Waals surface area contributed by atoms with E-state index >= 15 is 0 Å². The number of fused-ring (bicyclic) bond motifs is 1. The topological polar surface area (TPSA) is 94.0 Å². The molecular weight excluding hydrogens is 316 g/mol. The van der Waals surface area contributed by atoms with Crippen LogP contribution in [0.2, 0.25) is 0 Å². The van der Waals surface area contributed by atoms with Crippen molar-refractivity contribution in [2.24, 2.45) is 0 Å². The fraction of sp³-hybridized carbons (Fsp3) is 0.133. The Kier molecular flexibility index (Phi) is 3.83. The highest BCUT2D eigenvalue weighted by atomic mass is 32.2. The molecule has 0 spiro atoms. The van der Waals surface area contributed by atoms with Crippen LogP contribution in [-0.4, -0.2) is 35.2 Å². The van der Waals surface area contributed by atoms with Gasteiger partial charge in [-0.25, -0.2) is 22.4 Å². The standard InChI is InChI=1S/C15H14N4O3S/c1-11-2-4-12(5-3-11)23(21,22)19-8-6-13-15(19)17-10-14(18-13)16-7-9-20/h2-6,8-10H,7H2,1H3,(H,16,18). The third-order valence-corrected chi connectivity index (χ3v) is 4.98. The lowest BCUT2D eigenvalue weighted by molar-refractivity contribution is -0.106. The molecule has 0 aliphatic rings. The zero-order valence-corrected chi connectivity index (χ0v) is 13.1.